The van der Waals surface area contributed by atoms with Gasteiger partial charge in [0.05, 0.1) is 12.2 Å². The molecule has 2 aromatic rings. The fourth-order valence-corrected chi connectivity index (χ4v) is 2.11. The number of hydrogen-bond acceptors (Lipinski definition) is 4. The highest BCUT2D eigenvalue weighted by molar-refractivity contribution is 5.22. The van der Waals surface area contributed by atoms with Crippen molar-refractivity contribution in [3.63, 3.8) is 0 Å². The van der Waals surface area contributed by atoms with Crippen LogP contribution in [0.25, 0.3) is 0 Å². The summed E-state index contributed by atoms with van der Waals surface area (Å²) in [5, 5.41) is 8.19. The normalized spacial score (nSPS) is 11.2. The summed E-state index contributed by atoms with van der Waals surface area (Å²) in [6.07, 6.45) is 1.96. The second-order valence-electron chi connectivity index (χ2n) is 4.92. The average molecular weight is 259 g/mol. The van der Waals surface area contributed by atoms with Crippen molar-refractivity contribution in [3.05, 3.63) is 47.3 Å². The van der Waals surface area contributed by atoms with Gasteiger partial charge < -0.3 is 5.73 Å². The molecular formula is C14H21N5. The molecule has 0 atom stereocenters. The zero-order chi connectivity index (χ0) is 13.7. The fourth-order valence-electron chi connectivity index (χ4n) is 2.11. The van der Waals surface area contributed by atoms with Gasteiger partial charge in [-0.05, 0) is 19.5 Å². The lowest BCUT2D eigenvalue weighted by atomic mass is 10.1. The lowest BCUT2D eigenvalue weighted by Gasteiger charge is -2.15. The van der Waals surface area contributed by atoms with Crippen LogP contribution in [0.2, 0.25) is 0 Å². The van der Waals surface area contributed by atoms with Gasteiger partial charge in [0.2, 0.25) is 0 Å². The number of nitrogens with zero attached hydrogens (tertiary/aromatic N) is 4. The minimum atomic E-state index is 0.585. The maximum Gasteiger partial charge on any atom is 0.0967 e. The third-order valence-electron chi connectivity index (χ3n) is 2.91. The van der Waals surface area contributed by atoms with Gasteiger partial charge in [-0.15, -0.1) is 5.10 Å². The monoisotopic (exact) mass is 259 g/mol. The van der Waals surface area contributed by atoms with E-state index in [1.165, 1.54) is 11.1 Å². The second kappa shape index (κ2) is 6.45. The molecule has 0 bridgehead atoms. The minimum Gasteiger partial charge on any atom is -0.329 e. The first kappa shape index (κ1) is 13.7. The first-order valence-electron chi connectivity index (χ1n) is 6.50. The number of hydrogen-bond donors (Lipinski definition) is 1. The van der Waals surface area contributed by atoms with Crippen LogP contribution in [0.15, 0.2) is 30.5 Å². The van der Waals surface area contributed by atoms with Crippen LogP contribution in [0.3, 0.4) is 0 Å². The van der Waals surface area contributed by atoms with E-state index in [0.717, 1.165) is 18.8 Å². The van der Waals surface area contributed by atoms with E-state index in [0.29, 0.717) is 13.1 Å². The number of benzene rings is 1. The van der Waals surface area contributed by atoms with Crippen molar-refractivity contribution in [3.8, 4) is 0 Å². The highest BCUT2D eigenvalue weighted by Gasteiger charge is 2.05. The lowest BCUT2D eigenvalue weighted by Crippen LogP contribution is -2.17. The Hall–Kier alpha value is -1.72. The molecule has 19 heavy (non-hydrogen) atoms. The standard InChI is InChI=1S/C14H21N5/c1-12-4-3-5-13(8-12)9-18(2)10-14-11-19(7-6-15)17-16-14/h3-5,8,11H,6-7,9-10,15H2,1-2H3. The summed E-state index contributed by atoms with van der Waals surface area (Å²) in [5.74, 6) is 0. The molecule has 0 radical (unpaired) electrons. The maximum atomic E-state index is 5.49. The molecule has 5 nitrogen and oxygen atoms in total. The lowest BCUT2D eigenvalue weighted by molar-refractivity contribution is 0.315. The Labute approximate surface area is 114 Å². The molecule has 0 saturated carbocycles. The molecule has 0 unspecified atom stereocenters. The summed E-state index contributed by atoms with van der Waals surface area (Å²) in [6.45, 7) is 5.11. The van der Waals surface area contributed by atoms with Crippen molar-refractivity contribution in [2.75, 3.05) is 13.6 Å². The van der Waals surface area contributed by atoms with Gasteiger partial charge in [-0.2, -0.15) is 0 Å². The van der Waals surface area contributed by atoms with Gasteiger partial charge in [0, 0.05) is 25.8 Å². The number of aromatic nitrogens is 3. The first-order chi connectivity index (χ1) is 9.17. The van der Waals surface area contributed by atoms with Crippen LogP contribution < -0.4 is 5.73 Å². The summed E-state index contributed by atoms with van der Waals surface area (Å²) in [6, 6.07) is 8.56. The van der Waals surface area contributed by atoms with Crippen molar-refractivity contribution in [2.45, 2.75) is 26.6 Å². The van der Waals surface area contributed by atoms with E-state index in [4.69, 9.17) is 5.73 Å². The molecule has 1 aromatic heterocycles. The largest absolute Gasteiger partial charge is 0.329 e. The van der Waals surface area contributed by atoms with E-state index in [1.807, 2.05) is 6.20 Å². The van der Waals surface area contributed by atoms with Crippen LogP contribution in [0, 0.1) is 6.92 Å². The van der Waals surface area contributed by atoms with Crippen molar-refractivity contribution < 1.29 is 0 Å². The number of aryl methyl sites for hydroxylation is 1. The third kappa shape index (κ3) is 4.15. The second-order valence-corrected chi connectivity index (χ2v) is 4.92. The van der Waals surface area contributed by atoms with Crippen LogP contribution in [-0.2, 0) is 19.6 Å². The van der Waals surface area contributed by atoms with Crippen molar-refractivity contribution in [1.82, 2.24) is 19.9 Å². The fraction of sp³-hybridized carbons (Fsp3) is 0.429. The summed E-state index contributed by atoms with van der Waals surface area (Å²) in [7, 11) is 2.09. The maximum absolute atomic E-state index is 5.49. The SMILES string of the molecule is Cc1cccc(CN(C)Cc2cn(CCN)nn2)c1. The molecule has 0 amide bonds. The van der Waals surface area contributed by atoms with Gasteiger partial charge in [-0.1, -0.05) is 35.0 Å². The van der Waals surface area contributed by atoms with Gasteiger partial charge >= 0.3 is 0 Å². The Bertz CT molecular complexity index is 520. The molecule has 2 N–H and O–H groups in total. The Kier molecular flexibility index (Phi) is 4.65. The van der Waals surface area contributed by atoms with Crippen LogP contribution in [-0.4, -0.2) is 33.5 Å². The van der Waals surface area contributed by atoms with Gasteiger partial charge in [-0.25, -0.2) is 0 Å². The van der Waals surface area contributed by atoms with Crippen LogP contribution in [0.5, 0.6) is 0 Å². The van der Waals surface area contributed by atoms with Crippen LogP contribution >= 0.6 is 0 Å². The van der Waals surface area contributed by atoms with E-state index >= 15 is 0 Å². The van der Waals surface area contributed by atoms with Crippen LogP contribution in [0.1, 0.15) is 16.8 Å². The Morgan fingerprint density at radius 1 is 1.32 bits per heavy atom. The third-order valence-corrected chi connectivity index (χ3v) is 2.91. The smallest absolute Gasteiger partial charge is 0.0967 e. The zero-order valence-corrected chi connectivity index (χ0v) is 11.6. The summed E-state index contributed by atoms with van der Waals surface area (Å²) >= 11 is 0. The van der Waals surface area contributed by atoms with E-state index in [2.05, 4.69) is 53.4 Å². The molecule has 0 aliphatic carbocycles. The molecule has 5 heteroatoms. The molecule has 0 fully saturated rings. The predicted octanol–water partition coefficient (Wildman–Crippen LogP) is 1.18. The van der Waals surface area contributed by atoms with Crippen molar-refractivity contribution in [2.24, 2.45) is 5.73 Å². The van der Waals surface area contributed by atoms with Gasteiger partial charge in [0.15, 0.2) is 0 Å². The zero-order valence-electron chi connectivity index (χ0n) is 11.6. The molecule has 0 aliphatic rings. The van der Waals surface area contributed by atoms with E-state index in [-0.39, 0.29) is 0 Å². The van der Waals surface area contributed by atoms with E-state index in [9.17, 15) is 0 Å². The molecule has 1 aromatic carbocycles. The Morgan fingerprint density at radius 2 is 2.16 bits per heavy atom. The molecule has 2 rings (SSSR count). The Balaban J connectivity index is 1.91. The van der Waals surface area contributed by atoms with Crippen LogP contribution in [0.4, 0.5) is 0 Å². The van der Waals surface area contributed by atoms with Crippen molar-refractivity contribution >= 4 is 0 Å². The Morgan fingerprint density at radius 3 is 2.89 bits per heavy atom. The number of nitrogens with two attached hydrogens (primary N) is 1. The molecule has 0 saturated heterocycles. The van der Waals surface area contributed by atoms with Crippen molar-refractivity contribution in [1.29, 1.82) is 0 Å². The summed E-state index contributed by atoms with van der Waals surface area (Å²) < 4.78 is 1.79. The highest BCUT2D eigenvalue weighted by atomic mass is 15.4. The molecule has 1 heterocycles. The average Bonchev–Trinajstić information content (AvgIpc) is 2.77. The van der Waals surface area contributed by atoms with Gasteiger partial charge in [0.1, 0.15) is 0 Å². The van der Waals surface area contributed by atoms with E-state index < -0.39 is 0 Å². The first-order valence-corrected chi connectivity index (χ1v) is 6.50. The topological polar surface area (TPSA) is 60.0 Å². The quantitative estimate of drug-likeness (QED) is 0.846. The summed E-state index contributed by atoms with van der Waals surface area (Å²) in [4.78, 5) is 2.23. The van der Waals surface area contributed by atoms with Gasteiger partial charge in [-0.3, -0.25) is 9.58 Å². The number of rotatable bonds is 6. The minimum absolute atomic E-state index is 0.585. The molecule has 0 aliphatic heterocycles. The molecule has 0 spiro atoms. The summed E-state index contributed by atoms with van der Waals surface area (Å²) in [5.41, 5.74) is 9.07. The molecule has 102 valence electrons. The van der Waals surface area contributed by atoms with Gasteiger partial charge in [0.25, 0.3) is 0 Å². The van der Waals surface area contributed by atoms with E-state index in [1.54, 1.807) is 4.68 Å². The predicted molar refractivity (Wildman–Crippen MR) is 75.4 cm³/mol. The molecular weight excluding hydrogens is 238 g/mol. The highest BCUT2D eigenvalue weighted by Crippen LogP contribution is 2.08.